The van der Waals surface area contributed by atoms with Gasteiger partial charge in [0, 0.05) is 17.6 Å². The molecular formula is C15H13NO2. The first kappa shape index (κ1) is 11.0. The number of aliphatic imine (C=N–C) groups is 1. The molecule has 0 saturated carbocycles. The van der Waals surface area contributed by atoms with Crippen molar-refractivity contribution in [3.63, 3.8) is 0 Å². The minimum Gasteiger partial charge on any atom is -0.462 e. The van der Waals surface area contributed by atoms with Gasteiger partial charge in [-0.2, -0.15) is 0 Å². The summed E-state index contributed by atoms with van der Waals surface area (Å²) in [7, 11) is 0. The number of allylic oxidation sites excluding steroid dienone is 2. The van der Waals surface area contributed by atoms with Crippen molar-refractivity contribution in [3.8, 4) is 0 Å². The van der Waals surface area contributed by atoms with Gasteiger partial charge in [0.2, 0.25) is 0 Å². The molecule has 0 atom stereocenters. The zero-order valence-electron chi connectivity index (χ0n) is 10.1. The number of fused-ring (bicyclic) bond motifs is 3. The number of carbonyl (C=O) groups is 1. The molecule has 0 aromatic heterocycles. The lowest BCUT2D eigenvalue weighted by molar-refractivity contribution is -0.138. The zero-order valence-corrected chi connectivity index (χ0v) is 10.1. The third-order valence-corrected chi connectivity index (χ3v) is 3.08. The standard InChI is InChI=1S/C15H13NO2/c1-2-18-15(17)11-7-5-9-13-14(11)10-6-3-4-8-12(10)16-13/h3-8H,2,9H2,1H3. The summed E-state index contributed by atoms with van der Waals surface area (Å²) in [6, 6.07) is 7.89. The zero-order chi connectivity index (χ0) is 12.5. The van der Waals surface area contributed by atoms with E-state index in [1.165, 1.54) is 0 Å². The van der Waals surface area contributed by atoms with Gasteiger partial charge in [-0.15, -0.1) is 0 Å². The van der Waals surface area contributed by atoms with Crippen molar-refractivity contribution in [2.45, 2.75) is 13.3 Å². The van der Waals surface area contributed by atoms with E-state index in [1.54, 1.807) is 0 Å². The highest BCUT2D eigenvalue weighted by Gasteiger charge is 2.27. The van der Waals surface area contributed by atoms with Crippen LogP contribution in [0.1, 0.15) is 18.9 Å². The maximum Gasteiger partial charge on any atom is 0.338 e. The van der Waals surface area contributed by atoms with Crippen LogP contribution in [0.3, 0.4) is 0 Å². The van der Waals surface area contributed by atoms with Gasteiger partial charge in [0.25, 0.3) is 0 Å². The number of para-hydroxylation sites is 1. The summed E-state index contributed by atoms with van der Waals surface area (Å²) < 4.78 is 5.10. The summed E-state index contributed by atoms with van der Waals surface area (Å²) in [6.45, 7) is 2.20. The van der Waals surface area contributed by atoms with Crippen LogP contribution in [0.15, 0.2) is 47.0 Å². The normalized spacial score (nSPS) is 16.2. The molecule has 0 spiro atoms. The molecule has 3 heteroatoms. The average Bonchev–Trinajstić information content (AvgIpc) is 2.77. The number of hydrogen-bond acceptors (Lipinski definition) is 3. The maximum absolute atomic E-state index is 12.0. The molecule has 90 valence electrons. The van der Waals surface area contributed by atoms with E-state index in [9.17, 15) is 4.79 Å². The summed E-state index contributed by atoms with van der Waals surface area (Å²) >= 11 is 0. The molecule has 1 aromatic rings. The fraction of sp³-hybridized carbons (Fsp3) is 0.200. The van der Waals surface area contributed by atoms with Crippen molar-refractivity contribution < 1.29 is 9.53 Å². The lowest BCUT2D eigenvalue weighted by Gasteiger charge is -2.13. The molecule has 0 bridgehead atoms. The predicted octanol–water partition coefficient (Wildman–Crippen LogP) is 3.05. The lowest BCUT2D eigenvalue weighted by Crippen LogP contribution is -2.13. The first-order valence-electron chi connectivity index (χ1n) is 6.06. The van der Waals surface area contributed by atoms with Crippen molar-refractivity contribution in [2.24, 2.45) is 4.99 Å². The van der Waals surface area contributed by atoms with Gasteiger partial charge in [-0.3, -0.25) is 4.99 Å². The van der Waals surface area contributed by atoms with Gasteiger partial charge in [-0.05, 0) is 13.0 Å². The Labute approximate surface area is 105 Å². The van der Waals surface area contributed by atoms with Crippen LogP contribution in [0.4, 0.5) is 5.69 Å². The molecule has 0 fully saturated rings. The molecule has 0 saturated heterocycles. The molecule has 0 N–H and O–H groups in total. The monoisotopic (exact) mass is 239 g/mol. The molecule has 2 aliphatic rings. The van der Waals surface area contributed by atoms with Crippen molar-refractivity contribution in [1.82, 2.24) is 0 Å². The van der Waals surface area contributed by atoms with Crippen LogP contribution in [0.25, 0.3) is 5.57 Å². The van der Waals surface area contributed by atoms with Crippen LogP contribution in [-0.4, -0.2) is 18.3 Å². The molecule has 3 nitrogen and oxygen atoms in total. The summed E-state index contributed by atoms with van der Waals surface area (Å²) in [6.07, 6.45) is 4.57. The summed E-state index contributed by atoms with van der Waals surface area (Å²) in [5, 5.41) is 0. The van der Waals surface area contributed by atoms with Crippen molar-refractivity contribution in [3.05, 3.63) is 47.6 Å². The minimum absolute atomic E-state index is 0.271. The molecule has 1 aromatic carbocycles. The van der Waals surface area contributed by atoms with E-state index in [0.29, 0.717) is 12.2 Å². The molecule has 0 unspecified atom stereocenters. The Morgan fingerprint density at radius 3 is 3.06 bits per heavy atom. The Hall–Kier alpha value is -2.16. The molecule has 1 aliphatic heterocycles. The van der Waals surface area contributed by atoms with Crippen molar-refractivity contribution >= 4 is 22.9 Å². The molecular weight excluding hydrogens is 226 g/mol. The topological polar surface area (TPSA) is 38.7 Å². The van der Waals surface area contributed by atoms with E-state index < -0.39 is 0 Å². The van der Waals surface area contributed by atoms with Crippen LogP contribution in [0, 0.1) is 0 Å². The number of ether oxygens (including phenoxy) is 1. The number of esters is 1. The molecule has 1 aliphatic carbocycles. The van der Waals surface area contributed by atoms with Crippen LogP contribution in [-0.2, 0) is 9.53 Å². The highest BCUT2D eigenvalue weighted by atomic mass is 16.5. The van der Waals surface area contributed by atoms with Gasteiger partial charge < -0.3 is 4.74 Å². The average molecular weight is 239 g/mol. The van der Waals surface area contributed by atoms with Crippen LogP contribution in [0.2, 0.25) is 0 Å². The fourth-order valence-corrected chi connectivity index (χ4v) is 2.34. The molecule has 18 heavy (non-hydrogen) atoms. The van der Waals surface area contributed by atoms with Gasteiger partial charge in [-0.1, -0.05) is 30.4 Å². The smallest absolute Gasteiger partial charge is 0.338 e. The van der Waals surface area contributed by atoms with Crippen molar-refractivity contribution in [1.29, 1.82) is 0 Å². The van der Waals surface area contributed by atoms with E-state index in [4.69, 9.17) is 4.74 Å². The molecule has 0 amide bonds. The summed E-state index contributed by atoms with van der Waals surface area (Å²) in [4.78, 5) is 16.5. The van der Waals surface area contributed by atoms with Crippen LogP contribution < -0.4 is 0 Å². The summed E-state index contributed by atoms with van der Waals surface area (Å²) in [5.74, 6) is -0.271. The SMILES string of the molecule is CCOC(=O)C1=C2C(=Nc3ccccc32)CC=C1. The van der Waals surface area contributed by atoms with E-state index in [0.717, 1.165) is 29.0 Å². The van der Waals surface area contributed by atoms with Gasteiger partial charge in [-0.25, -0.2) is 4.79 Å². The van der Waals surface area contributed by atoms with Gasteiger partial charge >= 0.3 is 5.97 Å². The Morgan fingerprint density at radius 2 is 2.22 bits per heavy atom. The Morgan fingerprint density at radius 1 is 1.39 bits per heavy atom. The highest BCUT2D eigenvalue weighted by Crippen LogP contribution is 2.39. The maximum atomic E-state index is 12.0. The Balaban J connectivity index is 2.15. The third kappa shape index (κ3) is 1.59. The van der Waals surface area contributed by atoms with Crippen molar-refractivity contribution in [2.75, 3.05) is 6.61 Å². The second-order valence-corrected chi connectivity index (χ2v) is 4.19. The number of rotatable bonds is 2. The van der Waals surface area contributed by atoms with Gasteiger partial charge in [0.1, 0.15) is 0 Å². The highest BCUT2D eigenvalue weighted by molar-refractivity contribution is 6.34. The van der Waals surface area contributed by atoms with Gasteiger partial charge in [0.05, 0.1) is 23.6 Å². The second-order valence-electron chi connectivity index (χ2n) is 4.19. The molecule has 1 heterocycles. The van der Waals surface area contributed by atoms with E-state index in [2.05, 4.69) is 4.99 Å². The Kier molecular flexibility index (Phi) is 2.59. The Bertz CT molecular complexity index is 609. The number of benzene rings is 1. The number of nitrogens with zero attached hydrogens (tertiary/aromatic N) is 1. The lowest BCUT2D eigenvalue weighted by atomic mass is 9.91. The second kappa shape index (κ2) is 4.26. The van der Waals surface area contributed by atoms with E-state index >= 15 is 0 Å². The fourth-order valence-electron chi connectivity index (χ4n) is 2.34. The quantitative estimate of drug-likeness (QED) is 0.744. The first-order chi connectivity index (χ1) is 8.81. The predicted molar refractivity (Wildman–Crippen MR) is 70.8 cm³/mol. The largest absolute Gasteiger partial charge is 0.462 e. The van der Waals surface area contributed by atoms with Crippen LogP contribution in [0.5, 0.6) is 0 Å². The third-order valence-electron chi connectivity index (χ3n) is 3.08. The number of carbonyl (C=O) groups excluding carboxylic acids is 1. The molecule has 0 radical (unpaired) electrons. The van der Waals surface area contributed by atoms with E-state index in [-0.39, 0.29) is 5.97 Å². The van der Waals surface area contributed by atoms with Gasteiger partial charge in [0.15, 0.2) is 0 Å². The first-order valence-corrected chi connectivity index (χ1v) is 6.06. The summed E-state index contributed by atoms with van der Waals surface area (Å²) in [5.41, 5.74) is 4.48. The minimum atomic E-state index is -0.271. The van der Waals surface area contributed by atoms with E-state index in [1.807, 2.05) is 43.3 Å². The molecule has 3 rings (SSSR count). The van der Waals surface area contributed by atoms with Crippen LogP contribution >= 0.6 is 0 Å². The number of hydrogen-bond donors (Lipinski definition) is 0.